The second kappa shape index (κ2) is 7.61. The van der Waals surface area contributed by atoms with Gasteiger partial charge in [-0.15, -0.1) is 0 Å². The standard InChI is InChI=1S/C18H23N3O4S/c1-13(22)6-9-20-26(24,25)16-5-4-15-12-21(10-7-14(15)11-16)18(23)17-3-2-8-19-17/h2-5,8,11,13,19-20,22H,6-7,9-10,12H2,1H3/t13-/m1/s1. The van der Waals surface area contributed by atoms with Crippen LogP contribution in [0.5, 0.6) is 0 Å². The number of amides is 1. The molecule has 1 aromatic carbocycles. The molecule has 1 aliphatic heterocycles. The zero-order valence-corrected chi connectivity index (χ0v) is 15.4. The van der Waals surface area contributed by atoms with Gasteiger partial charge >= 0.3 is 0 Å². The van der Waals surface area contributed by atoms with E-state index in [2.05, 4.69) is 9.71 Å². The molecule has 0 saturated heterocycles. The lowest BCUT2D eigenvalue weighted by Gasteiger charge is -2.29. The Bertz CT molecular complexity index is 876. The van der Waals surface area contributed by atoms with Crippen molar-refractivity contribution in [3.63, 3.8) is 0 Å². The highest BCUT2D eigenvalue weighted by molar-refractivity contribution is 7.89. The van der Waals surface area contributed by atoms with Crippen molar-refractivity contribution >= 4 is 15.9 Å². The summed E-state index contributed by atoms with van der Waals surface area (Å²) >= 11 is 0. The molecule has 0 radical (unpaired) electrons. The third kappa shape index (κ3) is 4.14. The third-order valence-electron chi connectivity index (χ3n) is 4.47. The molecule has 7 nitrogen and oxygen atoms in total. The molecule has 0 saturated carbocycles. The van der Waals surface area contributed by atoms with Gasteiger partial charge in [0.15, 0.2) is 0 Å². The first-order valence-electron chi connectivity index (χ1n) is 8.59. The van der Waals surface area contributed by atoms with Crippen LogP contribution in [0.15, 0.2) is 41.4 Å². The summed E-state index contributed by atoms with van der Waals surface area (Å²) in [5, 5.41) is 9.25. The Morgan fingerprint density at radius 2 is 2.15 bits per heavy atom. The van der Waals surface area contributed by atoms with Crippen LogP contribution in [0.2, 0.25) is 0 Å². The van der Waals surface area contributed by atoms with Gasteiger partial charge in [0.2, 0.25) is 10.0 Å². The predicted octanol–water partition coefficient (Wildman–Crippen LogP) is 1.26. The first-order chi connectivity index (χ1) is 12.4. The van der Waals surface area contributed by atoms with E-state index in [-0.39, 0.29) is 17.3 Å². The quantitative estimate of drug-likeness (QED) is 0.705. The molecule has 0 fully saturated rings. The van der Waals surface area contributed by atoms with Crippen LogP contribution in [0.1, 0.15) is 35.0 Å². The number of rotatable bonds is 6. The smallest absolute Gasteiger partial charge is 0.270 e. The minimum absolute atomic E-state index is 0.0582. The largest absolute Gasteiger partial charge is 0.393 e. The fourth-order valence-electron chi connectivity index (χ4n) is 2.99. The van der Waals surface area contributed by atoms with E-state index in [1.807, 2.05) is 0 Å². The van der Waals surface area contributed by atoms with Gasteiger partial charge in [-0.05, 0) is 55.2 Å². The number of sulfonamides is 1. The van der Waals surface area contributed by atoms with Gasteiger partial charge < -0.3 is 15.0 Å². The average molecular weight is 377 g/mol. The molecule has 0 aliphatic carbocycles. The number of carbonyl (C=O) groups is 1. The molecule has 1 aromatic heterocycles. The summed E-state index contributed by atoms with van der Waals surface area (Å²) in [6, 6.07) is 8.54. The van der Waals surface area contributed by atoms with E-state index in [1.54, 1.807) is 48.4 Å². The monoisotopic (exact) mass is 377 g/mol. The molecular formula is C18H23N3O4S. The second-order valence-corrected chi connectivity index (χ2v) is 8.29. The van der Waals surface area contributed by atoms with Gasteiger partial charge in [-0.2, -0.15) is 0 Å². The zero-order valence-electron chi connectivity index (χ0n) is 14.6. The molecular weight excluding hydrogens is 354 g/mol. The fraction of sp³-hybridized carbons (Fsp3) is 0.389. The SMILES string of the molecule is C[C@@H](O)CCNS(=O)(=O)c1ccc2c(c1)CCN(C(=O)c1ccc[nH]1)C2. The lowest BCUT2D eigenvalue weighted by atomic mass is 9.99. The van der Waals surface area contributed by atoms with Crippen LogP contribution >= 0.6 is 0 Å². The summed E-state index contributed by atoms with van der Waals surface area (Å²) < 4.78 is 27.2. The molecule has 2 aromatic rings. The molecule has 140 valence electrons. The topological polar surface area (TPSA) is 102 Å². The Balaban J connectivity index is 1.71. The Kier molecular flexibility index (Phi) is 5.45. The van der Waals surface area contributed by atoms with Crippen molar-refractivity contribution < 1.29 is 18.3 Å². The molecule has 8 heteroatoms. The maximum Gasteiger partial charge on any atom is 0.270 e. The highest BCUT2D eigenvalue weighted by atomic mass is 32.2. The number of nitrogens with one attached hydrogen (secondary N) is 2. The fourth-order valence-corrected chi connectivity index (χ4v) is 4.09. The summed E-state index contributed by atoms with van der Waals surface area (Å²) in [4.78, 5) is 17.3. The summed E-state index contributed by atoms with van der Waals surface area (Å²) in [7, 11) is -3.60. The van der Waals surface area contributed by atoms with Crippen molar-refractivity contribution in [1.82, 2.24) is 14.6 Å². The molecule has 1 aliphatic rings. The van der Waals surface area contributed by atoms with Crippen LogP contribution in [0.3, 0.4) is 0 Å². The molecule has 0 bridgehead atoms. The molecule has 1 amide bonds. The molecule has 0 spiro atoms. The number of carbonyl (C=O) groups excluding carboxylic acids is 1. The maximum atomic E-state index is 12.4. The second-order valence-electron chi connectivity index (χ2n) is 6.53. The molecule has 26 heavy (non-hydrogen) atoms. The van der Waals surface area contributed by atoms with E-state index >= 15 is 0 Å². The lowest BCUT2D eigenvalue weighted by Crippen LogP contribution is -2.36. The molecule has 2 heterocycles. The van der Waals surface area contributed by atoms with Crippen molar-refractivity contribution in [3.8, 4) is 0 Å². The molecule has 3 rings (SSSR count). The molecule has 0 unspecified atom stereocenters. The normalized spacial score (nSPS) is 15.5. The Hall–Kier alpha value is -2.16. The lowest BCUT2D eigenvalue weighted by molar-refractivity contribution is 0.0729. The highest BCUT2D eigenvalue weighted by Gasteiger charge is 2.24. The van der Waals surface area contributed by atoms with Crippen LogP contribution < -0.4 is 4.72 Å². The maximum absolute atomic E-state index is 12.4. The molecule has 3 N–H and O–H groups in total. The van der Waals surface area contributed by atoms with Crippen molar-refractivity contribution in [2.45, 2.75) is 37.3 Å². The van der Waals surface area contributed by atoms with Crippen molar-refractivity contribution in [3.05, 3.63) is 53.3 Å². The summed E-state index contributed by atoms with van der Waals surface area (Å²) in [5.74, 6) is -0.0582. The predicted molar refractivity (Wildman–Crippen MR) is 97.2 cm³/mol. The number of aromatic amines is 1. The van der Waals surface area contributed by atoms with E-state index in [0.29, 0.717) is 31.6 Å². The average Bonchev–Trinajstić information content (AvgIpc) is 3.14. The van der Waals surface area contributed by atoms with Crippen LogP contribution in [0.25, 0.3) is 0 Å². The summed E-state index contributed by atoms with van der Waals surface area (Å²) in [5.41, 5.74) is 2.45. The number of H-pyrrole nitrogens is 1. The number of hydrogen-bond acceptors (Lipinski definition) is 4. The van der Waals surface area contributed by atoms with Gasteiger partial charge in [-0.25, -0.2) is 13.1 Å². The highest BCUT2D eigenvalue weighted by Crippen LogP contribution is 2.23. The van der Waals surface area contributed by atoms with E-state index < -0.39 is 16.1 Å². The number of hydrogen-bond donors (Lipinski definition) is 3. The van der Waals surface area contributed by atoms with Crippen LogP contribution in [0, 0.1) is 0 Å². The minimum Gasteiger partial charge on any atom is -0.393 e. The van der Waals surface area contributed by atoms with E-state index in [1.165, 1.54) is 0 Å². The van der Waals surface area contributed by atoms with Gasteiger partial charge in [0.25, 0.3) is 5.91 Å². The van der Waals surface area contributed by atoms with Gasteiger partial charge in [0.05, 0.1) is 11.0 Å². The Morgan fingerprint density at radius 3 is 2.85 bits per heavy atom. The number of fused-ring (bicyclic) bond motifs is 1. The van der Waals surface area contributed by atoms with Crippen molar-refractivity contribution in [1.29, 1.82) is 0 Å². The zero-order chi connectivity index (χ0) is 18.7. The van der Waals surface area contributed by atoms with E-state index in [0.717, 1.165) is 11.1 Å². The first-order valence-corrected chi connectivity index (χ1v) is 10.1. The summed E-state index contributed by atoms with van der Waals surface area (Å²) in [6.07, 6.45) is 2.13. The van der Waals surface area contributed by atoms with E-state index in [9.17, 15) is 18.3 Å². The number of aliphatic hydroxyl groups is 1. The van der Waals surface area contributed by atoms with Gasteiger partial charge in [0.1, 0.15) is 5.69 Å². The van der Waals surface area contributed by atoms with Crippen LogP contribution in [-0.2, 0) is 23.0 Å². The first kappa shape index (κ1) is 18.6. The minimum atomic E-state index is -3.60. The van der Waals surface area contributed by atoms with Crippen LogP contribution in [-0.4, -0.2) is 48.5 Å². The van der Waals surface area contributed by atoms with Crippen molar-refractivity contribution in [2.24, 2.45) is 0 Å². The van der Waals surface area contributed by atoms with Gasteiger partial charge in [-0.3, -0.25) is 4.79 Å². The Morgan fingerprint density at radius 1 is 1.35 bits per heavy atom. The van der Waals surface area contributed by atoms with E-state index in [4.69, 9.17) is 0 Å². The molecule has 1 atom stereocenters. The van der Waals surface area contributed by atoms with Crippen molar-refractivity contribution in [2.75, 3.05) is 13.1 Å². The van der Waals surface area contributed by atoms with Crippen LogP contribution in [0.4, 0.5) is 0 Å². The number of aliphatic hydroxyl groups excluding tert-OH is 1. The number of nitrogens with zero attached hydrogens (tertiary/aromatic N) is 1. The third-order valence-corrected chi connectivity index (χ3v) is 5.93. The Labute approximate surface area is 153 Å². The number of aromatic nitrogens is 1. The summed E-state index contributed by atoms with van der Waals surface area (Å²) in [6.45, 7) is 2.82. The number of benzene rings is 1. The van der Waals surface area contributed by atoms with Gasteiger partial charge in [0, 0.05) is 25.8 Å². The van der Waals surface area contributed by atoms with Gasteiger partial charge in [-0.1, -0.05) is 6.07 Å².